The molecule has 0 saturated carbocycles. The average Bonchev–Trinajstić information content (AvgIpc) is 2.46. The van der Waals surface area contributed by atoms with Crippen molar-refractivity contribution in [2.24, 2.45) is 0 Å². The van der Waals surface area contributed by atoms with E-state index in [-0.39, 0.29) is 5.69 Å². The monoisotopic (exact) mass is 365 g/mol. The van der Waals surface area contributed by atoms with Crippen LogP contribution in [-0.4, -0.2) is 4.92 Å². The molecule has 0 radical (unpaired) electrons. The lowest BCUT2D eigenvalue weighted by atomic mass is 10.2. The Kier molecular flexibility index (Phi) is 4.78. The maximum absolute atomic E-state index is 10.9. The first-order valence-electron chi connectivity index (χ1n) is 5.88. The number of anilines is 1. The number of nitro benzene ring substituents is 1. The van der Waals surface area contributed by atoms with Crippen LogP contribution < -0.4 is 5.32 Å². The fourth-order valence-corrected chi connectivity index (χ4v) is 2.53. The third-order valence-electron chi connectivity index (χ3n) is 2.83. The smallest absolute Gasteiger partial charge is 0.283 e. The number of nitrogens with zero attached hydrogens (tertiary/aromatic N) is 2. The summed E-state index contributed by atoms with van der Waals surface area (Å²) in [5.41, 5.74) is 1.91. The summed E-state index contributed by atoms with van der Waals surface area (Å²) in [6.07, 6.45) is 0. The van der Waals surface area contributed by atoms with Crippen LogP contribution in [0.25, 0.3) is 0 Å². The van der Waals surface area contributed by atoms with Crippen molar-refractivity contribution in [1.29, 1.82) is 5.26 Å². The number of rotatable bonds is 4. The van der Waals surface area contributed by atoms with Gasteiger partial charge in [0.2, 0.25) is 0 Å². The molecule has 5 nitrogen and oxygen atoms in total. The average molecular weight is 367 g/mol. The van der Waals surface area contributed by atoms with Crippen molar-refractivity contribution in [3.05, 3.63) is 67.1 Å². The fraction of sp³-hybridized carbons (Fsp3) is 0.0714. The van der Waals surface area contributed by atoms with Crippen LogP contribution in [0.1, 0.15) is 11.1 Å². The molecule has 2 aromatic rings. The quantitative estimate of drug-likeness (QED) is 0.638. The Morgan fingerprint density at radius 2 is 2.14 bits per heavy atom. The van der Waals surface area contributed by atoms with Crippen molar-refractivity contribution >= 4 is 38.9 Å². The third-order valence-corrected chi connectivity index (χ3v) is 4.06. The largest absolute Gasteiger partial charge is 0.381 e. The first-order valence-corrected chi connectivity index (χ1v) is 7.05. The zero-order valence-corrected chi connectivity index (χ0v) is 13.0. The number of nitriles is 1. The van der Waals surface area contributed by atoms with Crippen LogP contribution in [0.15, 0.2) is 40.9 Å². The molecule has 0 saturated heterocycles. The van der Waals surface area contributed by atoms with Gasteiger partial charge in [-0.25, -0.2) is 0 Å². The lowest BCUT2D eigenvalue weighted by Gasteiger charge is -2.09. The molecule has 0 aliphatic rings. The Labute approximate surface area is 134 Å². The molecular formula is C14H9BrClN3O2. The first-order chi connectivity index (χ1) is 10.0. The van der Waals surface area contributed by atoms with E-state index in [1.807, 2.05) is 6.07 Å². The zero-order chi connectivity index (χ0) is 15.4. The standard InChI is InChI=1S/C14H9BrClN3O2/c15-14-10(2-1-3-13(14)19(20)21)8-18-11-5-4-9(7-17)12(16)6-11/h1-6,18H,8H2. The van der Waals surface area contributed by atoms with Gasteiger partial charge in [-0.05, 0) is 39.7 Å². The number of nitro groups is 1. The number of hydrogen-bond donors (Lipinski definition) is 1. The number of nitrogens with one attached hydrogen (secondary N) is 1. The Hall–Kier alpha value is -2.10. The highest BCUT2D eigenvalue weighted by molar-refractivity contribution is 9.10. The molecule has 106 valence electrons. The first kappa shape index (κ1) is 15.3. The van der Waals surface area contributed by atoms with Crippen molar-refractivity contribution in [3.8, 4) is 6.07 Å². The minimum absolute atomic E-state index is 0.0205. The molecule has 21 heavy (non-hydrogen) atoms. The van der Waals surface area contributed by atoms with E-state index < -0.39 is 4.92 Å². The maximum Gasteiger partial charge on any atom is 0.283 e. The summed E-state index contributed by atoms with van der Waals surface area (Å²) >= 11 is 9.19. The van der Waals surface area contributed by atoms with E-state index in [1.165, 1.54) is 6.07 Å². The zero-order valence-electron chi connectivity index (χ0n) is 10.6. The third kappa shape index (κ3) is 3.51. The van der Waals surface area contributed by atoms with Crippen LogP contribution in [0.5, 0.6) is 0 Å². The molecule has 0 aliphatic heterocycles. The van der Waals surface area contributed by atoms with Crippen molar-refractivity contribution in [2.75, 3.05) is 5.32 Å². The normalized spacial score (nSPS) is 9.95. The topological polar surface area (TPSA) is 79.0 Å². The Balaban J connectivity index is 2.17. The summed E-state index contributed by atoms with van der Waals surface area (Å²) in [4.78, 5) is 10.4. The predicted molar refractivity (Wildman–Crippen MR) is 84.3 cm³/mol. The number of benzene rings is 2. The molecule has 0 heterocycles. The molecule has 0 unspecified atom stereocenters. The Bertz CT molecular complexity index is 743. The number of halogens is 2. The van der Waals surface area contributed by atoms with E-state index in [4.69, 9.17) is 16.9 Å². The van der Waals surface area contributed by atoms with E-state index in [9.17, 15) is 10.1 Å². The number of hydrogen-bond acceptors (Lipinski definition) is 4. The van der Waals surface area contributed by atoms with Gasteiger partial charge in [-0.2, -0.15) is 5.26 Å². The van der Waals surface area contributed by atoms with Crippen LogP contribution in [0, 0.1) is 21.4 Å². The van der Waals surface area contributed by atoms with E-state index in [0.717, 1.165) is 11.3 Å². The molecule has 2 aromatic carbocycles. The van der Waals surface area contributed by atoms with Gasteiger partial charge in [0.1, 0.15) is 10.5 Å². The second kappa shape index (κ2) is 6.57. The fourth-order valence-electron chi connectivity index (χ4n) is 1.76. The molecule has 1 N–H and O–H groups in total. The molecule has 0 aliphatic carbocycles. The highest BCUT2D eigenvalue weighted by atomic mass is 79.9. The molecule has 0 aromatic heterocycles. The summed E-state index contributed by atoms with van der Waals surface area (Å²) in [5.74, 6) is 0. The van der Waals surface area contributed by atoms with Gasteiger partial charge in [-0.1, -0.05) is 23.7 Å². The molecule has 7 heteroatoms. The minimum atomic E-state index is -0.438. The summed E-state index contributed by atoms with van der Waals surface area (Å²) in [5, 5.41) is 23.2. The van der Waals surface area contributed by atoms with Gasteiger partial charge >= 0.3 is 0 Å². The molecule has 0 fully saturated rings. The van der Waals surface area contributed by atoms with Crippen molar-refractivity contribution < 1.29 is 4.92 Å². The summed E-state index contributed by atoms with van der Waals surface area (Å²) < 4.78 is 0.447. The highest BCUT2D eigenvalue weighted by Crippen LogP contribution is 2.29. The van der Waals surface area contributed by atoms with Gasteiger partial charge in [0.05, 0.1) is 15.5 Å². The summed E-state index contributed by atoms with van der Waals surface area (Å²) in [6.45, 7) is 0.393. The van der Waals surface area contributed by atoms with Crippen LogP contribution in [0.2, 0.25) is 5.02 Å². The van der Waals surface area contributed by atoms with Crippen LogP contribution in [-0.2, 0) is 6.54 Å². The van der Waals surface area contributed by atoms with Crippen molar-refractivity contribution in [2.45, 2.75) is 6.54 Å². The van der Waals surface area contributed by atoms with Gasteiger partial charge < -0.3 is 5.32 Å². The van der Waals surface area contributed by atoms with E-state index >= 15 is 0 Å². The predicted octanol–water partition coefficient (Wildman–Crippen LogP) is 4.49. The van der Waals surface area contributed by atoms with Gasteiger partial charge in [0.15, 0.2) is 0 Å². The Morgan fingerprint density at radius 1 is 1.38 bits per heavy atom. The molecule has 2 rings (SSSR count). The second-order valence-electron chi connectivity index (χ2n) is 4.17. The van der Waals surface area contributed by atoms with Gasteiger partial charge in [0.25, 0.3) is 5.69 Å². The van der Waals surface area contributed by atoms with Crippen LogP contribution in [0.4, 0.5) is 11.4 Å². The molecule has 0 amide bonds. The van der Waals surface area contributed by atoms with E-state index in [1.54, 1.807) is 30.3 Å². The van der Waals surface area contributed by atoms with Crippen LogP contribution in [0.3, 0.4) is 0 Å². The highest BCUT2D eigenvalue weighted by Gasteiger charge is 2.14. The van der Waals surface area contributed by atoms with Crippen molar-refractivity contribution in [1.82, 2.24) is 0 Å². The molecule has 0 spiro atoms. The van der Waals surface area contributed by atoms with Gasteiger partial charge in [0, 0.05) is 18.3 Å². The van der Waals surface area contributed by atoms with E-state index in [2.05, 4.69) is 21.2 Å². The van der Waals surface area contributed by atoms with E-state index in [0.29, 0.717) is 21.6 Å². The molecule has 0 atom stereocenters. The summed E-state index contributed by atoms with van der Waals surface area (Å²) in [7, 11) is 0. The Morgan fingerprint density at radius 3 is 2.76 bits per heavy atom. The van der Waals surface area contributed by atoms with Crippen molar-refractivity contribution in [3.63, 3.8) is 0 Å². The van der Waals surface area contributed by atoms with Crippen LogP contribution >= 0.6 is 27.5 Å². The van der Waals surface area contributed by atoms with Gasteiger partial charge in [-0.3, -0.25) is 10.1 Å². The SMILES string of the molecule is N#Cc1ccc(NCc2cccc([N+](=O)[O-])c2Br)cc1Cl. The minimum Gasteiger partial charge on any atom is -0.381 e. The van der Waals surface area contributed by atoms with Gasteiger partial charge in [-0.15, -0.1) is 0 Å². The second-order valence-corrected chi connectivity index (χ2v) is 5.37. The lowest BCUT2D eigenvalue weighted by Crippen LogP contribution is -2.02. The molecule has 0 bridgehead atoms. The lowest BCUT2D eigenvalue weighted by molar-refractivity contribution is -0.385. The maximum atomic E-state index is 10.9. The summed E-state index contributed by atoms with van der Waals surface area (Å²) in [6, 6.07) is 11.8. The molecular weight excluding hydrogens is 358 g/mol.